The van der Waals surface area contributed by atoms with Gasteiger partial charge in [0.2, 0.25) is 0 Å². The third-order valence-corrected chi connectivity index (χ3v) is 4.82. The highest BCUT2D eigenvalue weighted by atomic mass is 35.5. The van der Waals surface area contributed by atoms with Crippen LogP contribution in [0.4, 0.5) is 9.52 Å². The molecule has 0 radical (unpaired) electrons. The third kappa shape index (κ3) is 3.03. The first-order valence-electron chi connectivity index (χ1n) is 5.04. The van der Waals surface area contributed by atoms with Gasteiger partial charge in [-0.25, -0.2) is 17.8 Å². The molecule has 5 nitrogen and oxygen atoms in total. The summed E-state index contributed by atoms with van der Waals surface area (Å²) in [6.45, 7) is -0.0592. The van der Waals surface area contributed by atoms with E-state index in [0.29, 0.717) is 0 Å². The van der Waals surface area contributed by atoms with E-state index in [1.807, 2.05) is 0 Å². The molecule has 1 heterocycles. The molecule has 19 heavy (non-hydrogen) atoms. The fraction of sp³-hybridized carbons (Fsp3) is 0.100. The number of nitrogens with zero attached hydrogens (tertiary/aromatic N) is 1. The van der Waals surface area contributed by atoms with Gasteiger partial charge in [-0.05, 0) is 17.7 Å². The van der Waals surface area contributed by atoms with Crippen molar-refractivity contribution in [2.24, 2.45) is 5.73 Å². The largest absolute Gasteiger partial charge is 0.326 e. The highest BCUT2D eigenvalue weighted by Crippen LogP contribution is 2.25. The number of aromatic nitrogens is 1. The normalized spacial score (nSPS) is 11.5. The summed E-state index contributed by atoms with van der Waals surface area (Å²) in [7, 11) is -3.91. The second-order valence-corrected chi connectivity index (χ2v) is 6.48. The van der Waals surface area contributed by atoms with Gasteiger partial charge < -0.3 is 5.73 Å². The number of sulfonamides is 1. The van der Waals surface area contributed by atoms with Gasteiger partial charge in [-0.1, -0.05) is 11.6 Å². The van der Waals surface area contributed by atoms with Gasteiger partial charge in [-0.3, -0.25) is 4.72 Å². The number of rotatable bonds is 4. The van der Waals surface area contributed by atoms with Crippen LogP contribution in [0.2, 0.25) is 5.02 Å². The van der Waals surface area contributed by atoms with E-state index in [4.69, 9.17) is 17.3 Å². The van der Waals surface area contributed by atoms with Crippen LogP contribution in [0.3, 0.4) is 0 Å². The van der Waals surface area contributed by atoms with E-state index in [2.05, 4.69) is 9.71 Å². The topological polar surface area (TPSA) is 85.1 Å². The lowest BCUT2D eigenvalue weighted by Gasteiger charge is -2.09. The Balaban J connectivity index is 2.43. The van der Waals surface area contributed by atoms with Crippen LogP contribution >= 0.6 is 22.9 Å². The molecule has 9 heteroatoms. The third-order valence-electron chi connectivity index (χ3n) is 2.26. The SMILES string of the molecule is NCc1cc(S(=O)(=O)Nc2nccs2)cc(F)c1Cl. The van der Waals surface area contributed by atoms with Crippen LogP contribution in [-0.2, 0) is 16.6 Å². The molecule has 0 aliphatic rings. The number of nitrogens with one attached hydrogen (secondary N) is 1. The van der Waals surface area contributed by atoms with Crippen molar-refractivity contribution < 1.29 is 12.8 Å². The fourth-order valence-corrected chi connectivity index (χ4v) is 3.41. The Labute approximate surface area is 118 Å². The van der Waals surface area contributed by atoms with Crippen molar-refractivity contribution in [3.63, 3.8) is 0 Å². The van der Waals surface area contributed by atoms with Gasteiger partial charge in [0.25, 0.3) is 10.0 Å². The van der Waals surface area contributed by atoms with E-state index >= 15 is 0 Å². The Morgan fingerprint density at radius 3 is 2.79 bits per heavy atom. The van der Waals surface area contributed by atoms with Gasteiger partial charge in [-0.2, -0.15) is 0 Å². The van der Waals surface area contributed by atoms with E-state index in [-0.39, 0.29) is 27.2 Å². The molecule has 2 aromatic rings. The van der Waals surface area contributed by atoms with Crippen LogP contribution in [0, 0.1) is 5.82 Å². The Kier molecular flexibility index (Phi) is 4.04. The molecule has 0 bridgehead atoms. The fourth-order valence-electron chi connectivity index (χ4n) is 1.37. The van der Waals surface area contributed by atoms with E-state index in [9.17, 15) is 12.8 Å². The molecule has 0 atom stereocenters. The summed E-state index contributed by atoms with van der Waals surface area (Å²) in [6.07, 6.45) is 1.45. The summed E-state index contributed by atoms with van der Waals surface area (Å²) < 4.78 is 39.9. The van der Waals surface area contributed by atoms with E-state index in [1.54, 1.807) is 5.38 Å². The summed E-state index contributed by atoms with van der Waals surface area (Å²) in [5, 5.41) is 1.64. The van der Waals surface area contributed by atoms with E-state index < -0.39 is 15.8 Å². The van der Waals surface area contributed by atoms with Gasteiger partial charge in [-0.15, -0.1) is 11.3 Å². The number of nitrogens with two attached hydrogens (primary N) is 1. The number of benzene rings is 1. The molecule has 0 amide bonds. The molecule has 0 unspecified atom stereocenters. The monoisotopic (exact) mass is 321 g/mol. The van der Waals surface area contributed by atoms with Crippen molar-refractivity contribution >= 4 is 38.1 Å². The summed E-state index contributed by atoms with van der Waals surface area (Å²) in [5.41, 5.74) is 5.61. The van der Waals surface area contributed by atoms with Crippen LogP contribution in [0.5, 0.6) is 0 Å². The highest BCUT2D eigenvalue weighted by molar-refractivity contribution is 7.93. The number of hydrogen-bond acceptors (Lipinski definition) is 5. The molecular formula is C10H9ClFN3O2S2. The molecule has 3 N–H and O–H groups in total. The van der Waals surface area contributed by atoms with Gasteiger partial charge in [0.1, 0.15) is 5.82 Å². The van der Waals surface area contributed by atoms with E-state index in [0.717, 1.165) is 17.4 Å². The van der Waals surface area contributed by atoms with Crippen molar-refractivity contribution in [2.75, 3.05) is 4.72 Å². The predicted molar refractivity (Wildman–Crippen MR) is 72.2 cm³/mol. The number of halogens is 2. The Hall–Kier alpha value is -1.22. The second kappa shape index (κ2) is 5.41. The average Bonchev–Trinajstić information content (AvgIpc) is 2.84. The lowest BCUT2D eigenvalue weighted by atomic mass is 10.2. The maximum atomic E-state index is 13.5. The minimum absolute atomic E-state index is 0.0592. The highest BCUT2D eigenvalue weighted by Gasteiger charge is 2.19. The lowest BCUT2D eigenvalue weighted by Crippen LogP contribution is -2.14. The molecule has 1 aromatic carbocycles. The molecular weight excluding hydrogens is 313 g/mol. The minimum atomic E-state index is -3.91. The van der Waals surface area contributed by atoms with Gasteiger partial charge >= 0.3 is 0 Å². The first-order chi connectivity index (χ1) is 8.94. The lowest BCUT2D eigenvalue weighted by molar-refractivity contribution is 0.594. The quantitative estimate of drug-likeness (QED) is 0.904. The molecule has 0 saturated carbocycles. The number of anilines is 1. The molecule has 0 aliphatic heterocycles. The molecule has 0 saturated heterocycles. The average molecular weight is 322 g/mol. The Morgan fingerprint density at radius 1 is 1.47 bits per heavy atom. The van der Waals surface area contributed by atoms with Gasteiger partial charge in [0.15, 0.2) is 5.13 Å². The molecule has 0 fully saturated rings. The predicted octanol–water partition coefficient (Wildman–Crippen LogP) is 2.20. The number of thiazole rings is 1. The smallest absolute Gasteiger partial charge is 0.263 e. The summed E-state index contributed by atoms with van der Waals surface area (Å²) >= 11 is 6.79. The molecule has 2 rings (SSSR count). The van der Waals surface area contributed by atoms with Crippen LogP contribution in [0.25, 0.3) is 0 Å². The molecule has 0 aliphatic carbocycles. The standard InChI is InChI=1S/C10H9ClFN3O2S2/c11-9-6(5-13)3-7(4-8(9)12)19(16,17)15-10-14-1-2-18-10/h1-4H,5,13H2,(H,14,15). The van der Waals surface area contributed by atoms with Crippen LogP contribution < -0.4 is 10.5 Å². The summed E-state index contributed by atoms with van der Waals surface area (Å²) in [6, 6.07) is 2.08. The summed E-state index contributed by atoms with van der Waals surface area (Å²) in [4.78, 5) is 3.55. The van der Waals surface area contributed by atoms with Gasteiger partial charge in [0, 0.05) is 18.1 Å². The van der Waals surface area contributed by atoms with Crippen molar-refractivity contribution in [1.82, 2.24) is 4.98 Å². The van der Waals surface area contributed by atoms with E-state index in [1.165, 1.54) is 12.3 Å². The molecule has 102 valence electrons. The van der Waals surface area contributed by atoms with Crippen molar-refractivity contribution in [3.8, 4) is 0 Å². The molecule has 0 spiro atoms. The zero-order chi connectivity index (χ0) is 14.0. The zero-order valence-electron chi connectivity index (χ0n) is 9.43. The minimum Gasteiger partial charge on any atom is -0.326 e. The van der Waals surface area contributed by atoms with Gasteiger partial charge in [0.05, 0.1) is 9.92 Å². The van der Waals surface area contributed by atoms with Crippen molar-refractivity contribution in [1.29, 1.82) is 0 Å². The van der Waals surface area contributed by atoms with Crippen molar-refractivity contribution in [2.45, 2.75) is 11.4 Å². The first kappa shape index (κ1) is 14.2. The Morgan fingerprint density at radius 2 is 2.21 bits per heavy atom. The van der Waals surface area contributed by atoms with Crippen LogP contribution in [-0.4, -0.2) is 13.4 Å². The maximum absolute atomic E-state index is 13.5. The maximum Gasteiger partial charge on any atom is 0.263 e. The Bertz CT molecular complexity index is 689. The van der Waals surface area contributed by atoms with Crippen LogP contribution in [0.15, 0.2) is 28.6 Å². The van der Waals surface area contributed by atoms with Crippen LogP contribution in [0.1, 0.15) is 5.56 Å². The zero-order valence-corrected chi connectivity index (χ0v) is 11.8. The number of hydrogen-bond donors (Lipinski definition) is 2. The second-order valence-electron chi connectivity index (χ2n) is 3.53. The first-order valence-corrected chi connectivity index (χ1v) is 7.78. The summed E-state index contributed by atoms with van der Waals surface area (Å²) in [5.74, 6) is -0.830. The molecule has 1 aromatic heterocycles. The van der Waals surface area contributed by atoms with Crippen molar-refractivity contribution in [3.05, 3.63) is 40.1 Å².